The van der Waals surface area contributed by atoms with E-state index >= 15 is 0 Å². The van der Waals surface area contributed by atoms with Gasteiger partial charge >= 0.3 is 0 Å². The Kier molecular flexibility index (Phi) is 1.46. The predicted octanol–water partition coefficient (Wildman–Crippen LogP) is 0.676. The van der Waals surface area contributed by atoms with Crippen LogP contribution in [0.4, 0.5) is 0 Å². The maximum absolute atomic E-state index is 5.70. The van der Waals surface area contributed by atoms with E-state index in [2.05, 4.69) is 5.10 Å². The Labute approximate surface area is 72.6 Å². The third-order valence-corrected chi connectivity index (χ3v) is 1.94. The van der Waals surface area contributed by atoms with E-state index in [4.69, 9.17) is 7.85 Å². The van der Waals surface area contributed by atoms with Crippen LogP contribution in [0.1, 0.15) is 5.56 Å². The lowest BCUT2D eigenvalue weighted by Gasteiger charge is -1.96. The molecule has 0 N–H and O–H groups in total. The van der Waals surface area contributed by atoms with Crippen LogP contribution in [0.15, 0.2) is 18.3 Å². The van der Waals surface area contributed by atoms with E-state index in [0.717, 1.165) is 21.9 Å². The standard InChI is InChI=1S/C9H9BN2/c1-6-3-8(10)4-7-5-12(2)11-9(6)7/h3-5H,1-2H3. The van der Waals surface area contributed by atoms with Gasteiger partial charge in [0.15, 0.2) is 0 Å². The molecule has 58 valence electrons. The minimum atomic E-state index is 0.799. The number of aryl methyl sites for hydroxylation is 2. The first-order valence-electron chi connectivity index (χ1n) is 3.86. The summed E-state index contributed by atoms with van der Waals surface area (Å²) in [5.74, 6) is 0. The summed E-state index contributed by atoms with van der Waals surface area (Å²) in [6, 6.07) is 3.88. The van der Waals surface area contributed by atoms with Gasteiger partial charge in [0.05, 0.1) is 5.52 Å². The van der Waals surface area contributed by atoms with Crippen LogP contribution >= 0.6 is 0 Å². The number of fused-ring (bicyclic) bond motifs is 1. The van der Waals surface area contributed by atoms with E-state index in [0.29, 0.717) is 0 Å². The van der Waals surface area contributed by atoms with Gasteiger partial charge in [-0.3, -0.25) is 4.68 Å². The van der Waals surface area contributed by atoms with Gasteiger partial charge in [0.1, 0.15) is 7.85 Å². The molecule has 3 heteroatoms. The highest BCUT2D eigenvalue weighted by Crippen LogP contribution is 2.13. The maximum atomic E-state index is 5.70. The van der Waals surface area contributed by atoms with E-state index in [1.165, 1.54) is 0 Å². The second-order valence-electron chi connectivity index (χ2n) is 3.08. The lowest BCUT2D eigenvalue weighted by molar-refractivity contribution is 0.779. The number of aromatic nitrogens is 2. The third-order valence-electron chi connectivity index (χ3n) is 1.94. The second-order valence-corrected chi connectivity index (χ2v) is 3.08. The average molecular weight is 156 g/mol. The van der Waals surface area contributed by atoms with Crippen molar-refractivity contribution in [1.82, 2.24) is 9.78 Å². The first-order valence-corrected chi connectivity index (χ1v) is 3.86. The van der Waals surface area contributed by atoms with Crippen molar-refractivity contribution >= 4 is 24.2 Å². The van der Waals surface area contributed by atoms with Crippen LogP contribution in [0.3, 0.4) is 0 Å². The third kappa shape index (κ3) is 1.02. The molecule has 0 bridgehead atoms. The Morgan fingerprint density at radius 2 is 2.17 bits per heavy atom. The van der Waals surface area contributed by atoms with Crippen molar-refractivity contribution in [3.63, 3.8) is 0 Å². The van der Waals surface area contributed by atoms with E-state index in [1.807, 2.05) is 32.3 Å². The van der Waals surface area contributed by atoms with Gasteiger partial charge < -0.3 is 0 Å². The van der Waals surface area contributed by atoms with Crippen LogP contribution in [0.5, 0.6) is 0 Å². The van der Waals surface area contributed by atoms with Crippen LogP contribution in [-0.4, -0.2) is 17.6 Å². The van der Waals surface area contributed by atoms with Crippen molar-refractivity contribution in [3.05, 3.63) is 23.9 Å². The quantitative estimate of drug-likeness (QED) is 0.512. The molecule has 0 spiro atoms. The summed E-state index contributed by atoms with van der Waals surface area (Å²) in [5, 5.41) is 5.42. The topological polar surface area (TPSA) is 17.8 Å². The largest absolute Gasteiger partial charge is 0.275 e. The van der Waals surface area contributed by atoms with E-state index in [1.54, 1.807) is 4.68 Å². The van der Waals surface area contributed by atoms with E-state index < -0.39 is 0 Å². The van der Waals surface area contributed by atoms with Crippen LogP contribution in [0.2, 0.25) is 0 Å². The van der Waals surface area contributed by atoms with Crippen molar-refractivity contribution in [3.8, 4) is 0 Å². The number of hydrogen-bond donors (Lipinski definition) is 0. The van der Waals surface area contributed by atoms with Crippen molar-refractivity contribution in [2.24, 2.45) is 7.05 Å². The van der Waals surface area contributed by atoms with Gasteiger partial charge in [-0.05, 0) is 12.5 Å². The van der Waals surface area contributed by atoms with Crippen LogP contribution < -0.4 is 5.46 Å². The smallest absolute Gasteiger partial charge is 0.113 e. The maximum Gasteiger partial charge on any atom is 0.113 e. The summed E-state index contributed by atoms with van der Waals surface area (Å²) in [6.45, 7) is 2.02. The normalized spacial score (nSPS) is 10.8. The molecule has 0 fully saturated rings. The zero-order chi connectivity index (χ0) is 8.72. The Morgan fingerprint density at radius 1 is 1.42 bits per heavy atom. The first-order chi connectivity index (χ1) is 5.66. The first kappa shape index (κ1) is 7.41. The summed E-state index contributed by atoms with van der Waals surface area (Å²) in [4.78, 5) is 0. The predicted molar refractivity (Wildman–Crippen MR) is 50.8 cm³/mol. The number of benzene rings is 1. The highest BCUT2D eigenvalue weighted by Gasteiger charge is 2.01. The molecule has 1 aromatic carbocycles. The monoisotopic (exact) mass is 156 g/mol. The molecule has 2 radical (unpaired) electrons. The summed E-state index contributed by atoms with van der Waals surface area (Å²) in [5.41, 5.74) is 2.96. The minimum absolute atomic E-state index is 0.799. The molecule has 0 aliphatic carbocycles. The van der Waals surface area contributed by atoms with E-state index in [-0.39, 0.29) is 0 Å². The molecule has 0 unspecified atom stereocenters. The zero-order valence-electron chi connectivity index (χ0n) is 7.20. The van der Waals surface area contributed by atoms with Gasteiger partial charge in [-0.25, -0.2) is 0 Å². The Hall–Kier alpha value is -1.25. The molecule has 1 aromatic heterocycles. The molecule has 0 aliphatic rings. The Morgan fingerprint density at radius 3 is 2.92 bits per heavy atom. The molecular weight excluding hydrogens is 147 g/mol. The average Bonchev–Trinajstić information content (AvgIpc) is 2.29. The molecule has 1 heterocycles. The van der Waals surface area contributed by atoms with Crippen LogP contribution in [0, 0.1) is 6.92 Å². The van der Waals surface area contributed by atoms with Gasteiger partial charge in [0.25, 0.3) is 0 Å². The van der Waals surface area contributed by atoms with Gasteiger partial charge in [-0.15, -0.1) is 0 Å². The summed E-state index contributed by atoms with van der Waals surface area (Å²) < 4.78 is 1.80. The van der Waals surface area contributed by atoms with Gasteiger partial charge in [-0.2, -0.15) is 5.10 Å². The lowest BCUT2D eigenvalue weighted by atomic mass is 9.93. The fraction of sp³-hybridized carbons (Fsp3) is 0.222. The lowest BCUT2D eigenvalue weighted by Crippen LogP contribution is -2.01. The van der Waals surface area contributed by atoms with Gasteiger partial charge in [0, 0.05) is 18.6 Å². The summed E-state index contributed by atoms with van der Waals surface area (Å²) >= 11 is 0. The minimum Gasteiger partial charge on any atom is -0.275 e. The highest BCUT2D eigenvalue weighted by molar-refractivity contribution is 6.33. The van der Waals surface area contributed by atoms with Gasteiger partial charge in [-0.1, -0.05) is 17.6 Å². The SMILES string of the molecule is [B]c1cc(C)c2nn(C)cc2c1. The van der Waals surface area contributed by atoms with E-state index in [9.17, 15) is 0 Å². The molecule has 0 aliphatic heterocycles. The Bertz CT molecular complexity index is 431. The summed E-state index contributed by atoms with van der Waals surface area (Å²) in [6.07, 6.45) is 1.97. The Balaban J connectivity index is 2.88. The number of nitrogens with zero attached hydrogens (tertiary/aromatic N) is 2. The number of rotatable bonds is 0. The van der Waals surface area contributed by atoms with Crippen LogP contribution in [-0.2, 0) is 7.05 Å². The molecule has 0 saturated carbocycles. The van der Waals surface area contributed by atoms with Crippen molar-refractivity contribution in [2.45, 2.75) is 6.92 Å². The number of hydrogen-bond acceptors (Lipinski definition) is 1. The second kappa shape index (κ2) is 2.37. The molecule has 0 atom stereocenters. The van der Waals surface area contributed by atoms with Crippen molar-refractivity contribution < 1.29 is 0 Å². The van der Waals surface area contributed by atoms with Crippen molar-refractivity contribution in [1.29, 1.82) is 0 Å². The molecule has 2 rings (SSSR count). The molecule has 0 amide bonds. The molecule has 2 aromatic rings. The molecule has 12 heavy (non-hydrogen) atoms. The molecular formula is C9H9BN2. The zero-order valence-corrected chi connectivity index (χ0v) is 7.20. The summed E-state index contributed by atoms with van der Waals surface area (Å²) in [7, 11) is 7.61. The fourth-order valence-electron chi connectivity index (χ4n) is 1.46. The van der Waals surface area contributed by atoms with Crippen molar-refractivity contribution in [2.75, 3.05) is 0 Å². The molecule has 0 saturated heterocycles. The van der Waals surface area contributed by atoms with Gasteiger partial charge in [0.2, 0.25) is 0 Å². The molecule has 2 nitrogen and oxygen atoms in total. The fourth-order valence-corrected chi connectivity index (χ4v) is 1.46. The van der Waals surface area contributed by atoms with Crippen LogP contribution in [0.25, 0.3) is 10.9 Å². The highest BCUT2D eigenvalue weighted by atomic mass is 15.2.